The maximum atomic E-state index is 12.6. The summed E-state index contributed by atoms with van der Waals surface area (Å²) in [5, 5.41) is 0. The first-order valence-corrected chi connectivity index (χ1v) is 9.56. The summed E-state index contributed by atoms with van der Waals surface area (Å²) in [7, 11) is 1.45. The van der Waals surface area contributed by atoms with Gasteiger partial charge in [-0.05, 0) is 68.5 Å². The molecule has 6 nitrogen and oxygen atoms in total. The second-order valence-corrected chi connectivity index (χ2v) is 7.04. The van der Waals surface area contributed by atoms with Gasteiger partial charge in [-0.25, -0.2) is 4.79 Å². The van der Waals surface area contributed by atoms with Gasteiger partial charge in [-0.15, -0.1) is 0 Å². The molecule has 1 aliphatic carbocycles. The standard InChI is InChI=1S/C23H24O6/c1-14(24)17-9-10-20(21(12-17)27-3)28-13-22(25)29-15(2)23(26)19-8-7-16-5-4-6-18(16)11-19/h7-12,15H,4-6,13H2,1-3H3/t15-/m0/s1. The molecule has 152 valence electrons. The number of rotatable bonds is 8. The molecule has 0 aromatic heterocycles. The minimum absolute atomic E-state index is 0.104. The minimum Gasteiger partial charge on any atom is -0.493 e. The van der Waals surface area contributed by atoms with E-state index in [0.717, 1.165) is 19.3 Å². The number of hydrogen-bond donors (Lipinski definition) is 0. The molecule has 3 rings (SSSR count). The molecule has 0 saturated heterocycles. The van der Waals surface area contributed by atoms with E-state index in [1.165, 1.54) is 25.2 Å². The summed E-state index contributed by atoms with van der Waals surface area (Å²) in [6, 6.07) is 10.3. The largest absolute Gasteiger partial charge is 0.493 e. The van der Waals surface area contributed by atoms with Crippen molar-refractivity contribution in [3.63, 3.8) is 0 Å². The molecular weight excluding hydrogens is 372 g/mol. The first-order chi connectivity index (χ1) is 13.9. The topological polar surface area (TPSA) is 78.9 Å². The minimum atomic E-state index is -0.910. The van der Waals surface area contributed by atoms with Gasteiger partial charge in [0.25, 0.3) is 0 Å². The van der Waals surface area contributed by atoms with Crippen molar-refractivity contribution in [2.45, 2.75) is 39.2 Å². The van der Waals surface area contributed by atoms with Crippen LogP contribution in [0.4, 0.5) is 0 Å². The average molecular weight is 396 g/mol. The molecule has 29 heavy (non-hydrogen) atoms. The number of carbonyl (C=O) groups excluding carboxylic acids is 3. The van der Waals surface area contributed by atoms with E-state index in [-0.39, 0.29) is 18.2 Å². The third-order valence-corrected chi connectivity index (χ3v) is 4.98. The number of carbonyl (C=O) groups is 3. The maximum Gasteiger partial charge on any atom is 0.344 e. The zero-order valence-corrected chi connectivity index (χ0v) is 16.8. The normalized spacial score (nSPS) is 13.3. The number of aryl methyl sites for hydroxylation is 2. The van der Waals surface area contributed by atoms with Gasteiger partial charge >= 0.3 is 5.97 Å². The fraction of sp³-hybridized carbons (Fsp3) is 0.348. The van der Waals surface area contributed by atoms with E-state index < -0.39 is 12.1 Å². The van der Waals surface area contributed by atoms with E-state index in [0.29, 0.717) is 22.6 Å². The van der Waals surface area contributed by atoms with Crippen molar-refractivity contribution in [3.8, 4) is 11.5 Å². The molecule has 0 heterocycles. The predicted octanol–water partition coefficient (Wildman–Crippen LogP) is 3.58. The average Bonchev–Trinajstić information content (AvgIpc) is 3.19. The van der Waals surface area contributed by atoms with Crippen LogP contribution in [-0.4, -0.2) is 37.4 Å². The summed E-state index contributed by atoms with van der Waals surface area (Å²) in [6.07, 6.45) is 2.21. The lowest BCUT2D eigenvalue weighted by molar-refractivity contribution is -0.148. The third-order valence-electron chi connectivity index (χ3n) is 4.98. The Bertz CT molecular complexity index is 946. The van der Waals surface area contributed by atoms with Crippen LogP contribution in [0, 0.1) is 0 Å². The molecule has 2 aromatic carbocycles. The number of methoxy groups -OCH3 is 1. The van der Waals surface area contributed by atoms with Crippen LogP contribution in [0.3, 0.4) is 0 Å². The van der Waals surface area contributed by atoms with Crippen LogP contribution in [0.25, 0.3) is 0 Å². The van der Waals surface area contributed by atoms with Crippen molar-refractivity contribution in [2.75, 3.05) is 13.7 Å². The van der Waals surface area contributed by atoms with E-state index in [4.69, 9.17) is 14.2 Å². The van der Waals surface area contributed by atoms with E-state index in [1.807, 2.05) is 12.1 Å². The maximum absolute atomic E-state index is 12.6. The molecule has 0 spiro atoms. The fourth-order valence-corrected chi connectivity index (χ4v) is 3.39. The Labute approximate surface area is 169 Å². The quantitative estimate of drug-likeness (QED) is 0.501. The van der Waals surface area contributed by atoms with Gasteiger partial charge in [0.05, 0.1) is 7.11 Å². The highest BCUT2D eigenvalue weighted by Crippen LogP contribution is 2.28. The van der Waals surface area contributed by atoms with Gasteiger partial charge in [0, 0.05) is 11.1 Å². The Hall–Kier alpha value is -3.15. The van der Waals surface area contributed by atoms with Crippen LogP contribution in [0.15, 0.2) is 36.4 Å². The van der Waals surface area contributed by atoms with Gasteiger partial charge < -0.3 is 14.2 Å². The predicted molar refractivity (Wildman–Crippen MR) is 107 cm³/mol. The van der Waals surface area contributed by atoms with Crippen LogP contribution in [0.2, 0.25) is 0 Å². The Morgan fingerprint density at radius 3 is 2.41 bits per heavy atom. The van der Waals surface area contributed by atoms with E-state index >= 15 is 0 Å². The van der Waals surface area contributed by atoms with E-state index in [1.54, 1.807) is 31.2 Å². The second kappa shape index (κ2) is 8.90. The van der Waals surface area contributed by atoms with Gasteiger partial charge in [-0.3, -0.25) is 9.59 Å². The first kappa shape index (κ1) is 20.6. The SMILES string of the molecule is COc1cc(C(C)=O)ccc1OCC(=O)O[C@@H](C)C(=O)c1ccc2c(c1)CCC2. The monoisotopic (exact) mass is 396 g/mol. The number of ether oxygens (including phenoxy) is 3. The Kier molecular flexibility index (Phi) is 6.32. The summed E-state index contributed by atoms with van der Waals surface area (Å²) < 4.78 is 15.9. The van der Waals surface area contributed by atoms with E-state index in [9.17, 15) is 14.4 Å². The molecule has 0 amide bonds. The Morgan fingerprint density at radius 2 is 1.69 bits per heavy atom. The van der Waals surface area contributed by atoms with Crippen molar-refractivity contribution in [1.29, 1.82) is 0 Å². The molecule has 0 N–H and O–H groups in total. The summed E-state index contributed by atoms with van der Waals surface area (Å²) in [4.78, 5) is 36.2. The number of hydrogen-bond acceptors (Lipinski definition) is 6. The Balaban J connectivity index is 1.58. The number of benzene rings is 2. The van der Waals surface area contributed by atoms with Crippen molar-refractivity contribution in [1.82, 2.24) is 0 Å². The molecule has 6 heteroatoms. The van der Waals surface area contributed by atoms with Crippen LogP contribution >= 0.6 is 0 Å². The number of Topliss-reactive ketones (excluding diaryl/α,β-unsaturated/α-hetero) is 2. The zero-order chi connectivity index (χ0) is 21.0. The number of ketones is 2. The lowest BCUT2D eigenvalue weighted by Gasteiger charge is -2.15. The fourth-order valence-electron chi connectivity index (χ4n) is 3.39. The van der Waals surface area contributed by atoms with Gasteiger partial charge in [-0.1, -0.05) is 12.1 Å². The second-order valence-electron chi connectivity index (χ2n) is 7.04. The van der Waals surface area contributed by atoms with Crippen molar-refractivity contribution >= 4 is 17.5 Å². The summed E-state index contributed by atoms with van der Waals surface area (Å²) >= 11 is 0. The molecule has 1 atom stereocenters. The van der Waals surface area contributed by atoms with Gasteiger partial charge in [-0.2, -0.15) is 0 Å². The van der Waals surface area contributed by atoms with Crippen molar-refractivity contribution < 1.29 is 28.6 Å². The highest BCUT2D eigenvalue weighted by Gasteiger charge is 2.22. The lowest BCUT2D eigenvalue weighted by Crippen LogP contribution is -2.27. The molecular formula is C23H24O6. The molecule has 0 saturated carbocycles. The molecule has 1 aliphatic rings. The van der Waals surface area contributed by atoms with Crippen LogP contribution in [-0.2, 0) is 22.4 Å². The zero-order valence-electron chi connectivity index (χ0n) is 16.8. The molecule has 0 fully saturated rings. The molecule has 0 bridgehead atoms. The number of fused-ring (bicyclic) bond motifs is 1. The molecule has 0 aliphatic heterocycles. The Morgan fingerprint density at radius 1 is 0.966 bits per heavy atom. The molecule has 2 aromatic rings. The van der Waals surface area contributed by atoms with Crippen LogP contribution < -0.4 is 9.47 Å². The highest BCUT2D eigenvalue weighted by molar-refractivity contribution is 6.00. The first-order valence-electron chi connectivity index (χ1n) is 9.56. The van der Waals surface area contributed by atoms with Crippen molar-refractivity contribution in [3.05, 3.63) is 58.7 Å². The third kappa shape index (κ3) is 4.83. The summed E-state index contributed by atoms with van der Waals surface area (Å²) in [5.41, 5.74) is 3.50. The van der Waals surface area contributed by atoms with E-state index in [2.05, 4.69) is 0 Å². The van der Waals surface area contributed by atoms with Crippen molar-refractivity contribution in [2.24, 2.45) is 0 Å². The molecule has 0 radical (unpaired) electrons. The van der Waals surface area contributed by atoms with Crippen LogP contribution in [0.5, 0.6) is 11.5 Å². The van der Waals surface area contributed by atoms with Gasteiger partial charge in [0.15, 0.2) is 30.0 Å². The van der Waals surface area contributed by atoms with Crippen LogP contribution in [0.1, 0.15) is 52.1 Å². The highest BCUT2D eigenvalue weighted by atomic mass is 16.6. The summed E-state index contributed by atoms with van der Waals surface area (Å²) in [6.45, 7) is 2.62. The summed E-state index contributed by atoms with van der Waals surface area (Å²) in [5.74, 6) is -0.353. The number of esters is 1. The molecule has 0 unspecified atom stereocenters. The lowest BCUT2D eigenvalue weighted by atomic mass is 10.0. The van der Waals surface area contributed by atoms with Gasteiger partial charge in [0.1, 0.15) is 0 Å². The van der Waals surface area contributed by atoms with Gasteiger partial charge in [0.2, 0.25) is 5.78 Å². The smallest absolute Gasteiger partial charge is 0.344 e.